The smallest absolute Gasteiger partial charge is 0.442 e. The van der Waals surface area contributed by atoms with E-state index in [0.717, 1.165) is 28.4 Å². The second kappa shape index (κ2) is 10.9. The molecule has 194 valence electrons. The number of carbonyl (C=O) groups is 3. The van der Waals surface area contributed by atoms with Crippen molar-refractivity contribution in [3.05, 3.63) is 11.3 Å². The highest BCUT2D eigenvalue weighted by atomic mass is 32.2. The van der Waals surface area contributed by atoms with E-state index in [1.165, 1.54) is 0 Å². The number of halogens is 3. The van der Waals surface area contributed by atoms with Gasteiger partial charge < -0.3 is 10.4 Å². The Morgan fingerprint density at radius 3 is 2.69 bits per heavy atom. The van der Waals surface area contributed by atoms with Gasteiger partial charge in [-0.05, 0) is 29.0 Å². The zero-order valence-corrected chi connectivity index (χ0v) is 20.4. The summed E-state index contributed by atoms with van der Waals surface area (Å²) in [5, 5.41) is 28.8. The number of tetrazole rings is 1. The lowest BCUT2D eigenvalue weighted by Gasteiger charge is -2.50. The summed E-state index contributed by atoms with van der Waals surface area (Å²) in [6.07, 6.45) is 0.0455. The van der Waals surface area contributed by atoms with Crippen LogP contribution >= 0.6 is 35.3 Å². The Hall–Kier alpha value is -2.07. The lowest BCUT2D eigenvalue weighted by Crippen LogP contribution is -2.71. The highest BCUT2D eigenvalue weighted by Crippen LogP contribution is 2.44. The van der Waals surface area contributed by atoms with Crippen molar-refractivity contribution < 1.29 is 41.1 Å². The third-order valence-corrected chi connectivity index (χ3v) is 8.39. The van der Waals surface area contributed by atoms with Crippen molar-refractivity contribution in [1.29, 1.82) is 0 Å². The molecule has 3 heterocycles. The second-order valence-corrected chi connectivity index (χ2v) is 11.6. The van der Waals surface area contributed by atoms with Gasteiger partial charge in [-0.3, -0.25) is 14.5 Å². The van der Waals surface area contributed by atoms with Crippen LogP contribution in [0.4, 0.5) is 13.2 Å². The number of fused-ring (bicyclic) bond motifs is 1. The quantitative estimate of drug-likeness (QED) is 0.155. The number of aliphatic carboxylic acids is 1. The van der Waals surface area contributed by atoms with Crippen molar-refractivity contribution in [2.24, 2.45) is 5.14 Å². The molecule has 2 aliphatic rings. The van der Waals surface area contributed by atoms with E-state index in [9.17, 15) is 41.1 Å². The Morgan fingerprint density at radius 2 is 2.11 bits per heavy atom. The molecule has 0 bridgehead atoms. The number of hydrogen-bond donors (Lipinski definition) is 5. The van der Waals surface area contributed by atoms with Gasteiger partial charge in [0.2, 0.25) is 11.1 Å². The normalized spacial score (nSPS) is 21.4. The molecule has 14 nitrogen and oxygen atoms in total. The molecule has 1 saturated heterocycles. The maximum absolute atomic E-state index is 12.7. The molecule has 21 heteroatoms. The molecule has 3 rings (SSSR count). The molecule has 3 atom stereocenters. The van der Waals surface area contributed by atoms with Crippen LogP contribution in [0.25, 0.3) is 0 Å². The van der Waals surface area contributed by atoms with Crippen molar-refractivity contribution in [3.63, 3.8) is 0 Å². The lowest BCUT2D eigenvalue weighted by molar-refractivity contribution is -0.150. The minimum Gasteiger partial charge on any atom is -0.477 e. The van der Waals surface area contributed by atoms with Crippen LogP contribution in [0.3, 0.4) is 0 Å². The summed E-state index contributed by atoms with van der Waals surface area (Å²) in [4.78, 5) is 37.6. The van der Waals surface area contributed by atoms with E-state index in [1.54, 1.807) is 0 Å². The molecular weight excluding hydrogens is 561 g/mol. The lowest BCUT2D eigenvalue weighted by atomic mass is 10.0. The average Bonchev–Trinajstić information content (AvgIpc) is 3.26. The van der Waals surface area contributed by atoms with E-state index in [1.807, 2.05) is 0 Å². The Bertz CT molecular complexity index is 1120. The summed E-state index contributed by atoms with van der Waals surface area (Å²) in [5.74, 6) is -4.15. The number of carboxylic acid groups (broad SMARTS) is 1. The predicted molar refractivity (Wildman–Crippen MR) is 118 cm³/mol. The number of nitrogens with two attached hydrogens (primary N) is 1. The van der Waals surface area contributed by atoms with E-state index >= 15 is 0 Å². The molecular formula is C14H17F3N8O6S4. The number of nitrogens with zero attached hydrogens (tertiary/aromatic N) is 4. The van der Waals surface area contributed by atoms with Gasteiger partial charge >= 0.3 is 11.5 Å². The zero-order chi connectivity index (χ0) is 26.0. The van der Waals surface area contributed by atoms with Gasteiger partial charge in [0.05, 0.1) is 5.75 Å². The van der Waals surface area contributed by atoms with Crippen molar-refractivity contribution in [1.82, 2.24) is 35.6 Å². The van der Waals surface area contributed by atoms with Crippen molar-refractivity contribution >= 4 is 63.3 Å². The number of amides is 2. The fourth-order valence-electron chi connectivity index (χ4n) is 3.22. The largest absolute Gasteiger partial charge is 0.477 e. The number of carbonyl (C=O) groups excluding carboxylic acids is 2. The Balaban J connectivity index is 1.79. The molecule has 0 radical (unpaired) electrons. The molecule has 1 aromatic rings. The molecule has 2 aliphatic heterocycles. The van der Waals surface area contributed by atoms with Crippen molar-refractivity contribution in [3.8, 4) is 0 Å². The van der Waals surface area contributed by atoms with E-state index in [-0.39, 0.29) is 35.1 Å². The van der Waals surface area contributed by atoms with Gasteiger partial charge in [0.25, 0.3) is 16.1 Å². The summed E-state index contributed by atoms with van der Waals surface area (Å²) in [6.45, 7) is -0.164. The van der Waals surface area contributed by atoms with E-state index < -0.39 is 67.7 Å². The number of thioether (sulfide) groups is 3. The van der Waals surface area contributed by atoms with E-state index in [2.05, 4.69) is 30.7 Å². The minimum absolute atomic E-state index is 0.0455. The SMILES string of the molecule is NS(=O)(=O)NCCC(Sc1nn[nH]n1)C1=C(C(=O)O)N2C(=O)C(NC(=O)CSC(F)(F)F)[C@@H]2SC1. The Morgan fingerprint density at radius 1 is 1.40 bits per heavy atom. The van der Waals surface area contributed by atoms with Gasteiger partial charge in [0.15, 0.2) is 0 Å². The standard InChI is InChI=1S/C14H17F3N8O6S4/c15-14(16,17)33-4-7(26)20-8-10(27)25-9(12(28)29)5(3-32-11(8)25)6(1-2-19-35(18,30)31)34-13-21-23-24-22-13/h6,8,11,19H,1-4H2,(H,20,26)(H,28,29)(H2,18,30,31)(H,21,22,23,24)/t6?,8?,11-/m0/s1. The van der Waals surface area contributed by atoms with Crippen LogP contribution in [-0.4, -0.2) is 97.1 Å². The van der Waals surface area contributed by atoms with Crippen LogP contribution in [0.5, 0.6) is 0 Å². The zero-order valence-electron chi connectivity index (χ0n) is 17.2. The highest BCUT2D eigenvalue weighted by Gasteiger charge is 2.55. The first-order chi connectivity index (χ1) is 16.3. The number of β-lactam (4-membered cyclic amide) rings is 1. The van der Waals surface area contributed by atoms with Crippen LogP contribution in [0.1, 0.15) is 6.42 Å². The molecule has 2 unspecified atom stereocenters. The first-order valence-electron chi connectivity index (χ1n) is 9.35. The van der Waals surface area contributed by atoms with Crippen LogP contribution in [0.15, 0.2) is 16.4 Å². The van der Waals surface area contributed by atoms with Crippen LogP contribution in [-0.2, 0) is 24.6 Å². The van der Waals surface area contributed by atoms with E-state index in [0.29, 0.717) is 0 Å². The van der Waals surface area contributed by atoms with Gasteiger partial charge in [-0.2, -0.15) is 26.8 Å². The third kappa shape index (κ3) is 7.22. The van der Waals surface area contributed by atoms with Crippen molar-refractivity contribution in [2.75, 3.05) is 18.1 Å². The first kappa shape index (κ1) is 27.5. The van der Waals surface area contributed by atoms with Crippen LogP contribution in [0.2, 0.25) is 0 Å². The maximum atomic E-state index is 12.7. The molecule has 1 fully saturated rings. The summed E-state index contributed by atoms with van der Waals surface area (Å²) >= 11 is 1.52. The maximum Gasteiger partial charge on any atom is 0.442 e. The molecule has 35 heavy (non-hydrogen) atoms. The Kier molecular flexibility index (Phi) is 8.57. The fourth-order valence-corrected chi connectivity index (χ4v) is 6.54. The van der Waals surface area contributed by atoms with Crippen molar-refractivity contribution in [2.45, 2.75) is 33.8 Å². The minimum atomic E-state index is -4.62. The summed E-state index contributed by atoms with van der Waals surface area (Å²) in [5.41, 5.74) is -4.73. The number of H-pyrrole nitrogens is 1. The number of alkyl halides is 3. The molecule has 1 aromatic heterocycles. The van der Waals surface area contributed by atoms with Gasteiger partial charge in [0, 0.05) is 17.5 Å². The highest BCUT2D eigenvalue weighted by molar-refractivity contribution is 8.01. The number of aromatic nitrogens is 4. The molecule has 2 amide bonds. The number of hydrogen-bond acceptors (Lipinski definition) is 11. The molecule has 0 aliphatic carbocycles. The molecule has 6 N–H and O–H groups in total. The first-order valence-corrected chi connectivity index (χ1v) is 13.8. The third-order valence-electron chi connectivity index (χ3n) is 4.56. The predicted octanol–water partition coefficient (Wildman–Crippen LogP) is -1.16. The monoisotopic (exact) mass is 578 g/mol. The summed E-state index contributed by atoms with van der Waals surface area (Å²) in [7, 11) is -4.02. The molecule has 0 aromatic carbocycles. The summed E-state index contributed by atoms with van der Waals surface area (Å²) in [6, 6.07) is -1.19. The average molecular weight is 579 g/mol. The number of nitrogens with one attached hydrogen (secondary N) is 3. The number of carboxylic acids is 1. The second-order valence-electron chi connectivity index (χ2n) is 6.90. The van der Waals surface area contributed by atoms with Crippen LogP contribution < -0.4 is 15.2 Å². The molecule has 0 spiro atoms. The van der Waals surface area contributed by atoms with Gasteiger partial charge in [0.1, 0.15) is 17.1 Å². The van der Waals surface area contributed by atoms with E-state index in [4.69, 9.17) is 5.14 Å². The summed E-state index contributed by atoms with van der Waals surface area (Å²) < 4.78 is 61.5. The topological polar surface area (TPSA) is 213 Å². The number of aromatic amines is 1. The molecule has 0 saturated carbocycles. The fraction of sp³-hybridized carbons (Fsp3) is 0.571. The van der Waals surface area contributed by atoms with Gasteiger partial charge in [-0.1, -0.05) is 11.8 Å². The van der Waals surface area contributed by atoms with Crippen LogP contribution in [0, 0.1) is 0 Å². The number of rotatable bonds is 11. The van der Waals surface area contributed by atoms with Gasteiger partial charge in [-0.25, -0.2) is 14.7 Å². The Labute approximate surface area is 207 Å². The van der Waals surface area contributed by atoms with Gasteiger partial charge in [-0.15, -0.1) is 22.0 Å².